The van der Waals surface area contributed by atoms with Gasteiger partial charge in [0.25, 0.3) is 0 Å². The molecule has 0 aliphatic carbocycles. The molecule has 0 aliphatic rings. The molecule has 1 heterocycles. The Bertz CT molecular complexity index is 629. The Hall–Kier alpha value is -2.56. The molecule has 2 aromatic rings. The van der Waals surface area contributed by atoms with Crippen LogP contribution in [-0.4, -0.2) is 27.7 Å². The first-order chi connectivity index (χ1) is 9.11. The monoisotopic (exact) mass is 258 g/mol. The molecule has 0 unspecified atom stereocenters. The van der Waals surface area contributed by atoms with Crippen molar-refractivity contribution < 1.29 is 14.6 Å². The van der Waals surface area contributed by atoms with Crippen LogP contribution in [-0.2, 0) is 4.79 Å². The molecule has 0 bridgehead atoms. The van der Waals surface area contributed by atoms with Crippen LogP contribution in [0.1, 0.15) is 11.3 Å². The molecule has 19 heavy (non-hydrogen) atoms. The number of rotatable bonds is 4. The molecule has 5 nitrogen and oxygen atoms in total. The second kappa shape index (κ2) is 5.39. The average molecular weight is 258 g/mol. The number of methoxy groups -OCH3 is 1. The zero-order chi connectivity index (χ0) is 13.8. The summed E-state index contributed by atoms with van der Waals surface area (Å²) >= 11 is 0. The normalized spacial score (nSPS) is 10.8. The molecular formula is C14H14N2O3. The lowest BCUT2D eigenvalue weighted by Gasteiger charge is -2.12. The third-order valence-electron chi connectivity index (χ3n) is 2.63. The third kappa shape index (κ3) is 2.82. The molecule has 2 rings (SSSR count). The van der Waals surface area contributed by atoms with E-state index < -0.39 is 5.97 Å². The van der Waals surface area contributed by atoms with E-state index in [1.807, 2.05) is 35.9 Å². The molecule has 1 aromatic heterocycles. The van der Waals surface area contributed by atoms with Crippen LogP contribution in [0.4, 0.5) is 0 Å². The van der Waals surface area contributed by atoms with Crippen molar-refractivity contribution in [1.82, 2.24) is 9.55 Å². The Morgan fingerprint density at radius 3 is 2.84 bits per heavy atom. The summed E-state index contributed by atoms with van der Waals surface area (Å²) < 4.78 is 7.14. The van der Waals surface area contributed by atoms with E-state index in [9.17, 15) is 4.79 Å². The maximum Gasteiger partial charge on any atom is 0.328 e. The van der Waals surface area contributed by atoms with Crippen LogP contribution in [0.15, 0.2) is 36.8 Å². The lowest BCUT2D eigenvalue weighted by molar-refractivity contribution is -0.131. The molecule has 1 aromatic carbocycles. The van der Waals surface area contributed by atoms with Gasteiger partial charge in [-0.3, -0.25) is 0 Å². The van der Waals surface area contributed by atoms with Crippen molar-refractivity contribution in [3.05, 3.63) is 48.1 Å². The zero-order valence-electron chi connectivity index (χ0n) is 10.7. The molecule has 0 radical (unpaired) electrons. The third-order valence-corrected chi connectivity index (χ3v) is 2.63. The first kappa shape index (κ1) is 12.9. The van der Waals surface area contributed by atoms with Crippen LogP contribution in [0.5, 0.6) is 5.75 Å². The predicted molar refractivity (Wildman–Crippen MR) is 71.5 cm³/mol. The minimum Gasteiger partial charge on any atom is -0.495 e. The highest BCUT2D eigenvalue weighted by Gasteiger charge is 2.10. The number of para-hydroxylation sites is 1. The minimum atomic E-state index is -0.990. The molecular weight excluding hydrogens is 244 g/mol. The van der Waals surface area contributed by atoms with E-state index in [4.69, 9.17) is 9.84 Å². The molecule has 1 N–H and O–H groups in total. The number of carboxylic acids is 1. The van der Waals surface area contributed by atoms with Gasteiger partial charge in [0.2, 0.25) is 0 Å². The van der Waals surface area contributed by atoms with Crippen molar-refractivity contribution in [2.75, 3.05) is 7.11 Å². The summed E-state index contributed by atoms with van der Waals surface area (Å²) in [6.07, 6.45) is 6.17. The second-order valence-corrected chi connectivity index (χ2v) is 3.99. The molecule has 0 saturated heterocycles. The van der Waals surface area contributed by atoms with Gasteiger partial charge in [-0.15, -0.1) is 0 Å². The topological polar surface area (TPSA) is 64.3 Å². The lowest BCUT2D eigenvalue weighted by Crippen LogP contribution is -1.99. The summed E-state index contributed by atoms with van der Waals surface area (Å²) in [5, 5.41) is 8.73. The maximum absolute atomic E-state index is 10.6. The van der Waals surface area contributed by atoms with E-state index in [1.54, 1.807) is 13.4 Å². The first-order valence-electron chi connectivity index (χ1n) is 5.71. The summed E-state index contributed by atoms with van der Waals surface area (Å²) in [5.74, 6) is -0.333. The van der Waals surface area contributed by atoms with Crippen LogP contribution >= 0.6 is 0 Å². The fourth-order valence-electron chi connectivity index (χ4n) is 1.82. The summed E-state index contributed by atoms with van der Waals surface area (Å²) in [6, 6.07) is 5.46. The number of hydrogen-bond acceptors (Lipinski definition) is 3. The summed E-state index contributed by atoms with van der Waals surface area (Å²) in [6.45, 7) is 1.89. The van der Waals surface area contributed by atoms with E-state index in [-0.39, 0.29) is 0 Å². The molecule has 0 saturated carbocycles. The number of carbonyl (C=O) groups is 1. The van der Waals surface area contributed by atoms with Gasteiger partial charge in [0.1, 0.15) is 5.75 Å². The quantitative estimate of drug-likeness (QED) is 0.854. The standard InChI is InChI=1S/C14H14N2O3/c1-10-8-16(9-15-10)14-11(6-7-13(17)18)4-3-5-12(14)19-2/h3-9H,1-2H3,(H,17,18). The highest BCUT2D eigenvalue weighted by atomic mass is 16.5. The number of benzene rings is 1. The minimum absolute atomic E-state index is 0.657. The van der Waals surface area contributed by atoms with Crippen molar-refractivity contribution in [3.8, 4) is 11.4 Å². The Kier molecular flexibility index (Phi) is 3.66. The molecule has 98 valence electrons. The van der Waals surface area contributed by atoms with E-state index >= 15 is 0 Å². The Balaban J connectivity index is 2.58. The zero-order valence-corrected chi connectivity index (χ0v) is 10.7. The van der Waals surface area contributed by atoms with Crippen molar-refractivity contribution in [1.29, 1.82) is 0 Å². The lowest BCUT2D eigenvalue weighted by atomic mass is 10.1. The number of aliphatic carboxylic acids is 1. The van der Waals surface area contributed by atoms with Gasteiger partial charge in [-0.1, -0.05) is 12.1 Å². The van der Waals surface area contributed by atoms with Crippen molar-refractivity contribution >= 4 is 12.0 Å². The van der Waals surface area contributed by atoms with Gasteiger partial charge in [0.05, 0.1) is 24.8 Å². The van der Waals surface area contributed by atoms with E-state index in [0.29, 0.717) is 5.75 Å². The van der Waals surface area contributed by atoms with Gasteiger partial charge < -0.3 is 14.4 Å². The number of imidazole rings is 1. The number of nitrogens with zero attached hydrogens (tertiary/aromatic N) is 2. The number of hydrogen-bond donors (Lipinski definition) is 1. The highest BCUT2D eigenvalue weighted by molar-refractivity contribution is 5.86. The largest absolute Gasteiger partial charge is 0.495 e. The van der Waals surface area contributed by atoms with Crippen LogP contribution in [0.3, 0.4) is 0 Å². The second-order valence-electron chi connectivity index (χ2n) is 3.99. The van der Waals surface area contributed by atoms with E-state index in [2.05, 4.69) is 4.98 Å². The van der Waals surface area contributed by atoms with Crippen LogP contribution in [0, 0.1) is 6.92 Å². The van der Waals surface area contributed by atoms with Gasteiger partial charge >= 0.3 is 5.97 Å². The molecule has 0 aliphatic heterocycles. The average Bonchev–Trinajstić information content (AvgIpc) is 2.82. The SMILES string of the molecule is COc1cccc(C=CC(=O)O)c1-n1cnc(C)c1. The van der Waals surface area contributed by atoms with Crippen LogP contribution in [0.25, 0.3) is 11.8 Å². The maximum atomic E-state index is 10.6. The van der Waals surface area contributed by atoms with Crippen molar-refractivity contribution in [2.45, 2.75) is 6.92 Å². The number of carboxylic acid groups (broad SMARTS) is 1. The van der Waals surface area contributed by atoms with Crippen LogP contribution < -0.4 is 4.74 Å². The van der Waals surface area contributed by atoms with Gasteiger partial charge in [-0.25, -0.2) is 9.78 Å². The van der Waals surface area contributed by atoms with Gasteiger partial charge in [-0.2, -0.15) is 0 Å². The van der Waals surface area contributed by atoms with E-state index in [1.165, 1.54) is 6.08 Å². The summed E-state index contributed by atoms with van der Waals surface area (Å²) in [7, 11) is 1.58. The van der Waals surface area contributed by atoms with Gasteiger partial charge in [0.15, 0.2) is 0 Å². The highest BCUT2D eigenvalue weighted by Crippen LogP contribution is 2.27. The number of aromatic nitrogens is 2. The molecule has 5 heteroatoms. The summed E-state index contributed by atoms with van der Waals surface area (Å²) in [5.41, 5.74) is 2.39. The van der Waals surface area contributed by atoms with Crippen molar-refractivity contribution in [3.63, 3.8) is 0 Å². The predicted octanol–water partition coefficient (Wildman–Crippen LogP) is 2.29. The Morgan fingerprint density at radius 2 is 2.26 bits per heavy atom. The van der Waals surface area contributed by atoms with Crippen LogP contribution in [0.2, 0.25) is 0 Å². The smallest absolute Gasteiger partial charge is 0.328 e. The molecule has 0 atom stereocenters. The Morgan fingerprint density at radius 1 is 1.47 bits per heavy atom. The van der Waals surface area contributed by atoms with Gasteiger partial charge in [0, 0.05) is 17.8 Å². The van der Waals surface area contributed by atoms with Gasteiger partial charge in [-0.05, 0) is 19.1 Å². The Labute approximate surface area is 110 Å². The fourth-order valence-corrected chi connectivity index (χ4v) is 1.82. The fraction of sp³-hybridized carbons (Fsp3) is 0.143. The number of aryl methyl sites for hydroxylation is 1. The summed E-state index contributed by atoms with van der Waals surface area (Å²) in [4.78, 5) is 14.8. The molecule has 0 amide bonds. The molecule has 0 spiro atoms. The molecule has 0 fully saturated rings. The van der Waals surface area contributed by atoms with E-state index in [0.717, 1.165) is 23.0 Å². The number of ether oxygens (including phenoxy) is 1. The first-order valence-corrected chi connectivity index (χ1v) is 5.71. The van der Waals surface area contributed by atoms with Crippen molar-refractivity contribution in [2.24, 2.45) is 0 Å².